The van der Waals surface area contributed by atoms with Crippen molar-refractivity contribution in [2.24, 2.45) is 0 Å². The van der Waals surface area contributed by atoms with Crippen LogP contribution in [0.5, 0.6) is 5.75 Å². The smallest absolute Gasteiger partial charge is 0.264 e. The lowest BCUT2D eigenvalue weighted by molar-refractivity contribution is -0.139. The second kappa shape index (κ2) is 15.0. The van der Waals surface area contributed by atoms with Crippen LogP contribution in [0.1, 0.15) is 39.7 Å². The second-order valence-corrected chi connectivity index (χ2v) is 12.8. The van der Waals surface area contributed by atoms with Crippen molar-refractivity contribution in [1.29, 1.82) is 0 Å². The van der Waals surface area contributed by atoms with Crippen molar-refractivity contribution in [3.63, 3.8) is 0 Å². The quantitative estimate of drug-likeness (QED) is 0.225. The first-order valence-electron chi connectivity index (χ1n) is 13.4. The maximum Gasteiger partial charge on any atom is 0.264 e. The van der Waals surface area contributed by atoms with E-state index in [1.54, 1.807) is 49.4 Å². The van der Waals surface area contributed by atoms with Crippen LogP contribution < -0.4 is 14.4 Å². The van der Waals surface area contributed by atoms with Gasteiger partial charge in [0.15, 0.2) is 0 Å². The van der Waals surface area contributed by atoms with Gasteiger partial charge in [-0.05, 0) is 93.4 Å². The van der Waals surface area contributed by atoms with E-state index in [-0.39, 0.29) is 29.1 Å². The molecule has 0 spiro atoms. The molecule has 3 rings (SSSR count). The van der Waals surface area contributed by atoms with Crippen LogP contribution >= 0.6 is 34.8 Å². The van der Waals surface area contributed by atoms with Crippen molar-refractivity contribution in [3.8, 4) is 5.75 Å². The molecule has 0 fully saturated rings. The Morgan fingerprint density at radius 1 is 0.905 bits per heavy atom. The molecule has 226 valence electrons. The highest BCUT2D eigenvalue weighted by Crippen LogP contribution is 2.28. The molecular formula is C30H34Cl3N3O5S. The Labute approximate surface area is 262 Å². The van der Waals surface area contributed by atoms with Gasteiger partial charge in [0.2, 0.25) is 11.8 Å². The Morgan fingerprint density at radius 3 is 2.12 bits per heavy atom. The minimum atomic E-state index is -4.23. The van der Waals surface area contributed by atoms with Crippen LogP contribution in [0, 0.1) is 0 Å². The number of nitrogens with one attached hydrogen (secondary N) is 1. The number of hydrogen-bond acceptors (Lipinski definition) is 5. The summed E-state index contributed by atoms with van der Waals surface area (Å²) < 4.78 is 34.3. The summed E-state index contributed by atoms with van der Waals surface area (Å²) in [5, 5.41) is 3.90. The first-order valence-corrected chi connectivity index (χ1v) is 16.0. The zero-order valence-corrected chi connectivity index (χ0v) is 26.9. The maximum atomic E-state index is 14.0. The number of halogens is 3. The number of carbonyl (C=O) groups excluding carboxylic acids is 2. The van der Waals surface area contributed by atoms with E-state index in [4.69, 9.17) is 39.5 Å². The van der Waals surface area contributed by atoms with Gasteiger partial charge < -0.3 is 15.0 Å². The van der Waals surface area contributed by atoms with Gasteiger partial charge in [0, 0.05) is 17.6 Å². The Hall–Kier alpha value is -2.98. The predicted molar refractivity (Wildman–Crippen MR) is 168 cm³/mol. The summed E-state index contributed by atoms with van der Waals surface area (Å²) in [4.78, 5) is 28.5. The summed E-state index contributed by atoms with van der Waals surface area (Å²) in [6.45, 7) is 7.08. The number of hydrogen-bond donors (Lipinski definition) is 1. The summed E-state index contributed by atoms with van der Waals surface area (Å²) in [5.74, 6) is -0.418. The van der Waals surface area contributed by atoms with E-state index >= 15 is 0 Å². The van der Waals surface area contributed by atoms with Crippen LogP contribution in [0.2, 0.25) is 15.1 Å². The third-order valence-electron chi connectivity index (χ3n) is 6.62. The monoisotopic (exact) mass is 653 g/mol. The summed E-state index contributed by atoms with van der Waals surface area (Å²) in [6.07, 6.45) is 0.698. The van der Waals surface area contributed by atoms with Crippen LogP contribution in [0.3, 0.4) is 0 Å². The summed E-state index contributed by atoms with van der Waals surface area (Å²) >= 11 is 18.3. The second-order valence-electron chi connectivity index (χ2n) is 9.66. The molecule has 0 aliphatic rings. The van der Waals surface area contributed by atoms with Gasteiger partial charge in [-0.1, -0.05) is 47.8 Å². The van der Waals surface area contributed by atoms with Gasteiger partial charge >= 0.3 is 0 Å². The number of benzene rings is 3. The summed E-state index contributed by atoms with van der Waals surface area (Å²) in [5.41, 5.74) is 0.863. The molecule has 3 aromatic carbocycles. The van der Waals surface area contributed by atoms with Crippen LogP contribution in [0.15, 0.2) is 71.6 Å². The van der Waals surface area contributed by atoms with Crippen molar-refractivity contribution < 1.29 is 22.7 Å². The topological polar surface area (TPSA) is 96.0 Å². The SMILES string of the molecule is CCOc1ccc(N(CC(=O)N(Cc2ccc(Cl)c(Cl)c2)C(C)C(=O)NC(C)CC)S(=O)(=O)c2ccc(Cl)cc2)cc1. The molecule has 0 aliphatic carbocycles. The molecule has 0 bridgehead atoms. The lowest BCUT2D eigenvalue weighted by atomic mass is 10.1. The molecule has 0 saturated heterocycles. The zero-order chi connectivity index (χ0) is 31.0. The van der Waals surface area contributed by atoms with E-state index in [9.17, 15) is 18.0 Å². The van der Waals surface area contributed by atoms with E-state index in [0.29, 0.717) is 39.4 Å². The zero-order valence-electron chi connectivity index (χ0n) is 23.8. The minimum Gasteiger partial charge on any atom is -0.494 e. The highest BCUT2D eigenvalue weighted by molar-refractivity contribution is 7.92. The number of sulfonamides is 1. The number of rotatable bonds is 13. The minimum absolute atomic E-state index is 0.0110. The molecule has 12 heteroatoms. The van der Waals surface area contributed by atoms with Crippen LogP contribution in [0.25, 0.3) is 0 Å². The molecule has 3 aromatic rings. The van der Waals surface area contributed by atoms with Gasteiger partial charge in [0.25, 0.3) is 10.0 Å². The van der Waals surface area contributed by atoms with Crippen molar-refractivity contribution >= 4 is 62.3 Å². The normalized spacial score (nSPS) is 12.7. The number of carbonyl (C=O) groups is 2. The van der Waals surface area contributed by atoms with Crippen molar-refractivity contribution in [3.05, 3.63) is 87.4 Å². The van der Waals surface area contributed by atoms with Crippen LogP contribution in [0.4, 0.5) is 5.69 Å². The summed E-state index contributed by atoms with van der Waals surface area (Å²) in [6, 6.07) is 15.9. The lowest BCUT2D eigenvalue weighted by Gasteiger charge is -2.32. The maximum absolute atomic E-state index is 14.0. The van der Waals surface area contributed by atoms with E-state index in [0.717, 1.165) is 4.31 Å². The Morgan fingerprint density at radius 2 is 1.55 bits per heavy atom. The van der Waals surface area contributed by atoms with Gasteiger partial charge in [0.1, 0.15) is 18.3 Å². The molecule has 0 aliphatic heterocycles. The Balaban J connectivity index is 2.04. The van der Waals surface area contributed by atoms with Crippen molar-refractivity contribution in [2.45, 2.75) is 57.6 Å². The average molecular weight is 655 g/mol. The van der Waals surface area contributed by atoms with Crippen LogP contribution in [-0.4, -0.2) is 50.4 Å². The van der Waals surface area contributed by atoms with Gasteiger partial charge in [-0.3, -0.25) is 13.9 Å². The fourth-order valence-corrected chi connectivity index (χ4v) is 5.88. The molecule has 8 nitrogen and oxygen atoms in total. The molecular weight excluding hydrogens is 621 g/mol. The molecule has 0 saturated carbocycles. The molecule has 42 heavy (non-hydrogen) atoms. The third-order valence-corrected chi connectivity index (χ3v) is 9.40. The van der Waals surface area contributed by atoms with Crippen molar-refractivity contribution in [2.75, 3.05) is 17.5 Å². The van der Waals surface area contributed by atoms with Gasteiger partial charge in [-0.25, -0.2) is 8.42 Å². The molecule has 0 heterocycles. The summed E-state index contributed by atoms with van der Waals surface area (Å²) in [7, 11) is -4.23. The molecule has 1 N–H and O–H groups in total. The fraction of sp³-hybridized carbons (Fsp3) is 0.333. The Kier molecular flexibility index (Phi) is 11.9. The number of ether oxygens (including phenoxy) is 1. The largest absolute Gasteiger partial charge is 0.494 e. The first kappa shape index (κ1) is 33.5. The van der Waals surface area contributed by atoms with E-state index in [2.05, 4.69) is 5.32 Å². The first-order chi connectivity index (χ1) is 19.9. The Bertz CT molecular complexity index is 1490. The third kappa shape index (κ3) is 8.53. The molecule has 2 unspecified atom stereocenters. The van der Waals surface area contributed by atoms with Crippen molar-refractivity contribution in [1.82, 2.24) is 10.2 Å². The molecule has 0 aromatic heterocycles. The van der Waals surface area contributed by atoms with Gasteiger partial charge in [0.05, 0.1) is 27.2 Å². The number of nitrogens with zero attached hydrogens (tertiary/aromatic N) is 2. The van der Waals surface area contributed by atoms with Gasteiger partial charge in [-0.15, -0.1) is 0 Å². The average Bonchev–Trinajstić information content (AvgIpc) is 2.96. The lowest BCUT2D eigenvalue weighted by Crippen LogP contribution is -2.52. The fourth-order valence-electron chi connectivity index (χ4n) is 4.02. The highest BCUT2D eigenvalue weighted by atomic mass is 35.5. The van der Waals surface area contributed by atoms with E-state index < -0.39 is 28.5 Å². The molecule has 2 amide bonds. The van der Waals surface area contributed by atoms with Gasteiger partial charge in [-0.2, -0.15) is 0 Å². The number of amides is 2. The highest BCUT2D eigenvalue weighted by Gasteiger charge is 2.33. The van der Waals surface area contributed by atoms with Crippen LogP contribution in [-0.2, 0) is 26.2 Å². The number of anilines is 1. The standard InChI is InChI=1S/C30H34Cl3N3O5S/c1-5-20(3)34-30(38)21(4)35(18-22-7-16-27(32)28(33)17-22)29(37)19-36(24-10-12-25(13-11-24)41-6-2)42(39,40)26-14-8-23(31)9-15-26/h7-17,20-21H,5-6,18-19H2,1-4H3,(H,34,38). The van der Waals surface area contributed by atoms with E-state index in [1.165, 1.54) is 29.2 Å². The predicted octanol–water partition coefficient (Wildman–Crippen LogP) is 6.57. The molecule has 2 atom stereocenters. The molecule has 0 radical (unpaired) electrons. The van der Waals surface area contributed by atoms with E-state index in [1.807, 2.05) is 20.8 Å².